The van der Waals surface area contributed by atoms with Crippen LogP contribution < -0.4 is 0 Å². The van der Waals surface area contributed by atoms with E-state index in [1.54, 1.807) is 0 Å². The summed E-state index contributed by atoms with van der Waals surface area (Å²) >= 11 is 0. The molecule has 0 aliphatic rings. The zero-order valence-corrected chi connectivity index (χ0v) is 9.56. The fourth-order valence-electron chi connectivity index (χ4n) is 1.48. The Morgan fingerprint density at radius 3 is 2.82 bits per heavy atom. The lowest BCUT2D eigenvalue weighted by Crippen LogP contribution is -2.23. The van der Waals surface area contributed by atoms with Crippen LogP contribution in [-0.4, -0.2) is 37.7 Å². The highest BCUT2D eigenvalue weighted by Crippen LogP contribution is 2.23. The smallest absolute Gasteiger partial charge is 0.338 e. The minimum absolute atomic E-state index is 0.0881. The summed E-state index contributed by atoms with van der Waals surface area (Å²) in [6.07, 6.45) is 1.41. The number of pyridine rings is 1. The molecule has 2 aromatic rings. The quantitative estimate of drug-likeness (QED) is 0.734. The molecular weight excluding hydrogens is 222 g/mol. The first kappa shape index (κ1) is 11.5. The van der Waals surface area contributed by atoms with E-state index in [1.165, 1.54) is 12.3 Å². The number of aliphatic hydroxyl groups excluding tert-OH is 1. The van der Waals surface area contributed by atoms with Crippen molar-refractivity contribution in [3.8, 4) is 0 Å². The molecule has 90 valence electrons. The van der Waals surface area contributed by atoms with Gasteiger partial charge in [0.15, 0.2) is 5.65 Å². The molecule has 2 rings (SSSR count). The molecule has 3 N–H and O–H groups in total. The second-order valence-electron chi connectivity index (χ2n) is 4.49. The van der Waals surface area contributed by atoms with Crippen LogP contribution in [0, 0.1) is 0 Å². The molecule has 6 heteroatoms. The average molecular weight is 235 g/mol. The van der Waals surface area contributed by atoms with E-state index in [9.17, 15) is 9.90 Å². The Morgan fingerprint density at radius 1 is 1.53 bits per heavy atom. The monoisotopic (exact) mass is 235 g/mol. The van der Waals surface area contributed by atoms with Crippen LogP contribution in [0.25, 0.3) is 11.2 Å². The summed E-state index contributed by atoms with van der Waals surface area (Å²) in [5, 5.41) is 18.3. The SMILES string of the molecule is CC(C)(CO)c1nc2nccc(C(=O)O)c2[nH]1. The largest absolute Gasteiger partial charge is 0.478 e. The summed E-state index contributed by atoms with van der Waals surface area (Å²) in [5.74, 6) is -0.509. The lowest BCUT2D eigenvalue weighted by Gasteiger charge is -2.17. The van der Waals surface area contributed by atoms with E-state index in [4.69, 9.17) is 5.11 Å². The van der Waals surface area contributed by atoms with Gasteiger partial charge in [-0.25, -0.2) is 14.8 Å². The van der Waals surface area contributed by atoms with Gasteiger partial charge in [0.2, 0.25) is 0 Å². The summed E-state index contributed by atoms with van der Waals surface area (Å²) in [6, 6.07) is 1.42. The van der Waals surface area contributed by atoms with Gasteiger partial charge in [-0.15, -0.1) is 0 Å². The lowest BCUT2D eigenvalue weighted by molar-refractivity contribution is 0.0698. The third kappa shape index (κ3) is 1.87. The maximum atomic E-state index is 11.0. The summed E-state index contributed by atoms with van der Waals surface area (Å²) in [5.41, 5.74) is 0.302. The van der Waals surface area contributed by atoms with Crippen molar-refractivity contribution in [3.05, 3.63) is 23.7 Å². The maximum absolute atomic E-state index is 11.0. The summed E-state index contributed by atoms with van der Waals surface area (Å²) in [7, 11) is 0. The minimum atomic E-state index is -1.03. The van der Waals surface area contributed by atoms with Crippen LogP contribution in [0.4, 0.5) is 0 Å². The van der Waals surface area contributed by atoms with Gasteiger partial charge < -0.3 is 15.2 Å². The Kier molecular flexibility index (Phi) is 2.59. The zero-order chi connectivity index (χ0) is 12.6. The van der Waals surface area contributed by atoms with E-state index < -0.39 is 11.4 Å². The number of carboxylic acid groups (broad SMARTS) is 1. The van der Waals surface area contributed by atoms with E-state index in [2.05, 4.69) is 15.0 Å². The highest BCUT2D eigenvalue weighted by Gasteiger charge is 2.25. The molecule has 0 saturated carbocycles. The average Bonchev–Trinajstić information content (AvgIpc) is 2.72. The highest BCUT2D eigenvalue weighted by molar-refractivity contribution is 5.99. The first-order chi connectivity index (χ1) is 7.95. The van der Waals surface area contributed by atoms with Gasteiger partial charge in [-0.05, 0) is 6.07 Å². The molecule has 0 atom stereocenters. The van der Waals surface area contributed by atoms with Crippen LogP contribution in [0.1, 0.15) is 30.0 Å². The number of fused-ring (bicyclic) bond motifs is 1. The molecule has 0 radical (unpaired) electrons. The second kappa shape index (κ2) is 3.81. The fourth-order valence-corrected chi connectivity index (χ4v) is 1.48. The van der Waals surface area contributed by atoms with Gasteiger partial charge in [0, 0.05) is 11.6 Å². The number of nitrogens with zero attached hydrogens (tertiary/aromatic N) is 2. The molecule has 0 aliphatic carbocycles. The molecule has 0 spiro atoms. The van der Waals surface area contributed by atoms with Crippen LogP contribution in [0.2, 0.25) is 0 Å². The number of aromatic amines is 1. The molecule has 0 saturated heterocycles. The number of carboxylic acids is 1. The molecule has 17 heavy (non-hydrogen) atoms. The van der Waals surface area contributed by atoms with E-state index in [0.29, 0.717) is 17.0 Å². The predicted octanol–water partition coefficient (Wildman–Crippen LogP) is 0.926. The first-order valence-electron chi connectivity index (χ1n) is 5.15. The molecule has 0 fully saturated rings. The standard InChI is InChI=1S/C11H13N3O3/c1-11(2,5-15)10-13-7-6(9(16)17)3-4-12-8(7)14-10/h3-4,15H,5H2,1-2H3,(H,16,17)(H,12,13,14). The van der Waals surface area contributed by atoms with Gasteiger partial charge in [-0.3, -0.25) is 0 Å². The molecular formula is C11H13N3O3. The number of imidazole rings is 1. The number of nitrogens with one attached hydrogen (secondary N) is 1. The van der Waals surface area contributed by atoms with Crippen molar-refractivity contribution in [2.24, 2.45) is 0 Å². The molecule has 6 nitrogen and oxygen atoms in total. The predicted molar refractivity (Wildman–Crippen MR) is 61.0 cm³/mol. The number of hydrogen-bond donors (Lipinski definition) is 3. The molecule has 2 heterocycles. The van der Waals surface area contributed by atoms with Crippen LogP contribution in [-0.2, 0) is 5.41 Å². The topological polar surface area (TPSA) is 99.1 Å². The maximum Gasteiger partial charge on any atom is 0.338 e. The van der Waals surface area contributed by atoms with Crippen molar-refractivity contribution >= 4 is 17.1 Å². The number of aromatic carboxylic acids is 1. The van der Waals surface area contributed by atoms with Gasteiger partial charge in [-0.1, -0.05) is 13.8 Å². The van der Waals surface area contributed by atoms with Crippen LogP contribution >= 0.6 is 0 Å². The summed E-state index contributed by atoms with van der Waals surface area (Å²) < 4.78 is 0. The van der Waals surface area contributed by atoms with Crippen LogP contribution in [0.3, 0.4) is 0 Å². The highest BCUT2D eigenvalue weighted by atomic mass is 16.4. The summed E-state index contributed by atoms with van der Waals surface area (Å²) in [6.45, 7) is 3.53. The third-order valence-corrected chi connectivity index (χ3v) is 2.66. The zero-order valence-electron chi connectivity index (χ0n) is 9.56. The Labute approximate surface area is 97.3 Å². The van der Waals surface area contributed by atoms with Gasteiger partial charge in [-0.2, -0.15) is 0 Å². The second-order valence-corrected chi connectivity index (χ2v) is 4.49. The Balaban J connectivity index is 2.66. The van der Waals surface area contributed by atoms with E-state index in [-0.39, 0.29) is 12.2 Å². The van der Waals surface area contributed by atoms with E-state index in [1.807, 2.05) is 13.8 Å². The number of rotatable bonds is 3. The molecule has 0 amide bonds. The van der Waals surface area contributed by atoms with Gasteiger partial charge >= 0.3 is 5.97 Å². The van der Waals surface area contributed by atoms with Crippen molar-refractivity contribution in [1.29, 1.82) is 0 Å². The van der Waals surface area contributed by atoms with Crippen molar-refractivity contribution in [2.75, 3.05) is 6.61 Å². The van der Waals surface area contributed by atoms with Gasteiger partial charge in [0.25, 0.3) is 0 Å². The van der Waals surface area contributed by atoms with Gasteiger partial charge in [0.1, 0.15) is 5.82 Å². The van der Waals surface area contributed by atoms with Crippen molar-refractivity contribution in [2.45, 2.75) is 19.3 Å². The van der Waals surface area contributed by atoms with E-state index >= 15 is 0 Å². The van der Waals surface area contributed by atoms with Crippen LogP contribution in [0.15, 0.2) is 12.3 Å². The minimum Gasteiger partial charge on any atom is -0.478 e. The Morgan fingerprint density at radius 2 is 2.24 bits per heavy atom. The van der Waals surface area contributed by atoms with E-state index in [0.717, 1.165) is 0 Å². The van der Waals surface area contributed by atoms with Crippen molar-refractivity contribution in [3.63, 3.8) is 0 Å². The molecule has 0 unspecified atom stereocenters. The fraction of sp³-hybridized carbons (Fsp3) is 0.364. The first-order valence-corrected chi connectivity index (χ1v) is 5.15. The number of hydrogen-bond acceptors (Lipinski definition) is 4. The van der Waals surface area contributed by atoms with Crippen molar-refractivity contribution < 1.29 is 15.0 Å². The molecule has 0 bridgehead atoms. The van der Waals surface area contributed by atoms with Gasteiger partial charge in [0.05, 0.1) is 17.7 Å². The number of H-pyrrole nitrogens is 1. The third-order valence-electron chi connectivity index (χ3n) is 2.66. The Bertz CT molecular complexity index is 574. The Hall–Kier alpha value is -1.95. The molecule has 2 aromatic heterocycles. The number of aromatic nitrogens is 3. The molecule has 0 aromatic carbocycles. The lowest BCUT2D eigenvalue weighted by atomic mass is 9.94. The van der Waals surface area contributed by atoms with Crippen molar-refractivity contribution in [1.82, 2.24) is 15.0 Å². The van der Waals surface area contributed by atoms with Crippen LogP contribution in [0.5, 0.6) is 0 Å². The normalized spacial score (nSPS) is 11.9. The molecule has 0 aliphatic heterocycles. The number of carbonyl (C=O) groups is 1. The summed E-state index contributed by atoms with van der Waals surface area (Å²) in [4.78, 5) is 22.2. The number of aliphatic hydroxyl groups is 1.